The molecule has 4 nitrogen and oxygen atoms in total. The van der Waals surface area contributed by atoms with Gasteiger partial charge in [-0.3, -0.25) is 4.79 Å². The summed E-state index contributed by atoms with van der Waals surface area (Å²) in [6.45, 7) is 0. The van der Waals surface area contributed by atoms with Crippen LogP contribution in [0.25, 0.3) is 10.9 Å². The molecule has 2 aromatic carbocycles. The van der Waals surface area contributed by atoms with E-state index in [4.69, 9.17) is 0 Å². The van der Waals surface area contributed by atoms with E-state index in [0.717, 1.165) is 16.7 Å². The molecule has 6 heteroatoms. The monoisotopic (exact) mass is 327 g/mol. The third-order valence-corrected chi connectivity index (χ3v) is 4.17. The number of nitrogens with one attached hydrogen (secondary N) is 1. The largest absolute Gasteiger partial charge is 0.372 e. The van der Waals surface area contributed by atoms with Crippen LogP contribution in [0.5, 0.6) is 0 Å². The molecule has 0 amide bonds. The summed E-state index contributed by atoms with van der Waals surface area (Å²) in [4.78, 5) is 21.0. The van der Waals surface area contributed by atoms with Crippen molar-refractivity contribution in [2.24, 2.45) is 0 Å². The number of rotatable bonds is 5. The number of carbonyl (C=O) groups excluding carboxylic acids is 1. The van der Waals surface area contributed by atoms with Gasteiger partial charge in [0.25, 0.3) is 0 Å². The Bertz CT molecular complexity index is 852. The zero-order chi connectivity index (χ0) is 16.2. The van der Waals surface area contributed by atoms with Gasteiger partial charge in [0.05, 0.1) is 11.3 Å². The van der Waals surface area contributed by atoms with E-state index in [2.05, 4.69) is 15.3 Å². The molecule has 23 heavy (non-hydrogen) atoms. The molecule has 1 aromatic heterocycles. The molecule has 0 saturated heterocycles. The van der Waals surface area contributed by atoms with Crippen LogP contribution in [0.1, 0.15) is 10.4 Å². The van der Waals surface area contributed by atoms with Gasteiger partial charge in [0, 0.05) is 18.0 Å². The van der Waals surface area contributed by atoms with E-state index in [-0.39, 0.29) is 17.4 Å². The fraction of sp³-hybridized carbons (Fsp3) is 0.118. The number of halogens is 1. The second-order valence-corrected chi connectivity index (χ2v) is 5.78. The van der Waals surface area contributed by atoms with Crippen molar-refractivity contribution in [3.05, 3.63) is 59.9 Å². The first-order chi connectivity index (χ1) is 11.2. The first kappa shape index (κ1) is 15.4. The minimum Gasteiger partial charge on any atom is -0.372 e. The van der Waals surface area contributed by atoms with Crippen molar-refractivity contribution in [3.8, 4) is 0 Å². The van der Waals surface area contributed by atoms with Crippen LogP contribution in [0.3, 0.4) is 0 Å². The summed E-state index contributed by atoms with van der Waals surface area (Å²) in [6, 6.07) is 13.2. The maximum atomic E-state index is 12.9. The number of carbonyl (C=O) groups is 1. The Kier molecular flexibility index (Phi) is 4.52. The molecule has 0 radical (unpaired) electrons. The summed E-state index contributed by atoms with van der Waals surface area (Å²) in [6.07, 6.45) is 0. The van der Waals surface area contributed by atoms with Gasteiger partial charge in [-0.25, -0.2) is 14.4 Å². The van der Waals surface area contributed by atoms with Gasteiger partial charge in [0.15, 0.2) is 10.9 Å². The van der Waals surface area contributed by atoms with Crippen LogP contribution in [0.2, 0.25) is 0 Å². The molecule has 1 heterocycles. The Labute approximate surface area is 137 Å². The van der Waals surface area contributed by atoms with Gasteiger partial charge < -0.3 is 5.32 Å². The van der Waals surface area contributed by atoms with Crippen LogP contribution in [0, 0.1) is 5.82 Å². The fourth-order valence-corrected chi connectivity index (χ4v) is 2.91. The zero-order valence-electron chi connectivity index (χ0n) is 12.4. The Morgan fingerprint density at radius 3 is 2.61 bits per heavy atom. The Hall–Kier alpha value is -2.47. The van der Waals surface area contributed by atoms with Crippen molar-refractivity contribution in [3.63, 3.8) is 0 Å². The molecule has 0 saturated carbocycles. The molecular formula is C17H14FN3OS. The lowest BCUT2D eigenvalue weighted by atomic mass is 10.1. The maximum Gasteiger partial charge on any atom is 0.190 e. The number of ketones is 1. The van der Waals surface area contributed by atoms with Crippen molar-refractivity contribution >= 4 is 34.3 Å². The third-order valence-electron chi connectivity index (χ3n) is 3.32. The highest BCUT2D eigenvalue weighted by Crippen LogP contribution is 2.24. The summed E-state index contributed by atoms with van der Waals surface area (Å²) in [5.41, 5.74) is 1.30. The molecule has 0 bridgehead atoms. The minimum absolute atomic E-state index is 0.0854. The van der Waals surface area contributed by atoms with Crippen LogP contribution in [0.15, 0.2) is 53.7 Å². The Balaban J connectivity index is 1.79. The molecule has 0 atom stereocenters. The van der Waals surface area contributed by atoms with Crippen LogP contribution in [0.4, 0.5) is 10.2 Å². The van der Waals surface area contributed by atoms with E-state index in [1.807, 2.05) is 24.3 Å². The molecule has 1 N–H and O–H groups in total. The summed E-state index contributed by atoms with van der Waals surface area (Å²) in [5.74, 6) is 0.489. The number of anilines is 1. The van der Waals surface area contributed by atoms with Gasteiger partial charge in [-0.2, -0.15) is 0 Å². The van der Waals surface area contributed by atoms with Gasteiger partial charge in [-0.15, -0.1) is 0 Å². The lowest BCUT2D eigenvalue weighted by Gasteiger charge is -2.07. The van der Waals surface area contributed by atoms with Crippen LogP contribution in [-0.2, 0) is 0 Å². The van der Waals surface area contributed by atoms with Crippen LogP contribution >= 0.6 is 11.8 Å². The SMILES string of the molecule is CNc1nc(SCC(=O)c2ccc(F)cc2)nc2ccccc12. The highest BCUT2D eigenvalue weighted by atomic mass is 32.2. The van der Waals surface area contributed by atoms with E-state index in [1.165, 1.54) is 36.0 Å². The number of aromatic nitrogens is 2. The number of hydrogen-bond donors (Lipinski definition) is 1. The molecule has 3 aromatic rings. The highest BCUT2D eigenvalue weighted by molar-refractivity contribution is 7.99. The molecule has 116 valence electrons. The Morgan fingerprint density at radius 2 is 1.87 bits per heavy atom. The predicted octanol–water partition coefficient (Wildman–Crippen LogP) is 3.79. The number of hydrogen-bond acceptors (Lipinski definition) is 5. The summed E-state index contributed by atoms with van der Waals surface area (Å²) in [7, 11) is 1.80. The smallest absolute Gasteiger partial charge is 0.190 e. The van der Waals surface area contributed by atoms with E-state index < -0.39 is 0 Å². The lowest BCUT2D eigenvalue weighted by molar-refractivity contribution is 0.102. The first-order valence-corrected chi connectivity index (χ1v) is 8.02. The number of benzene rings is 2. The number of Topliss-reactive ketones (excluding diaryl/α,β-unsaturated/α-hetero) is 1. The maximum absolute atomic E-state index is 12.9. The normalized spacial score (nSPS) is 10.7. The fourth-order valence-electron chi connectivity index (χ4n) is 2.16. The molecule has 0 spiro atoms. The van der Waals surface area contributed by atoms with Crippen molar-refractivity contribution in [2.75, 3.05) is 18.1 Å². The topological polar surface area (TPSA) is 54.9 Å². The average molecular weight is 327 g/mol. The van der Waals surface area contributed by atoms with Crippen molar-refractivity contribution in [1.82, 2.24) is 9.97 Å². The van der Waals surface area contributed by atoms with Gasteiger partial charge in [-0.1, -0.05) is 23.9 Å². The third kappa shape index (κ3) is 3.48. The molecule has 0 aliphatic rings. The van der Waals surface area contributed by atoms with Crippen molar-refractivity contribution in [2.45, 2.75) is 5.16 Å². The van der Waals surface area contributed by atoms with Gasteiger partial charge in [0.2, 0.25) is 0 Å². The molecule has 0 fully saturated rings. The molecule has 0 aliphatic heterocycles. The number of nitrogens with zero attached hydrogens (tertiary/aromatic N) is 2. The standard InChI is InChI=1S/C17H14FN3OS/c1-19-16-13-4-2-3-5-14(13)20-17(21-16)23-10-15(22)11-6-8-12(18)9-7-11/h2-9H,10H2,1H3,(H,19,20,21). The van der Waals surface area contributed by atoms with Crippen LogP contribution in [-0.4, -0.2) is 28.6 Å². The predicted molar refractivity (Wildman–Crippen MR) is 90.5 cm³/mol. The van der Waals surface area contributed by atoms with Crippen LogP contribution < -0.4 is 5.32 Å². The summed E-state index contributed by atoms with van der Waals surface area (Å²) >= 11 is 1.27. The molecule has 0 aliphatic carbocycles. The highest BCUT2D eigenvalue weighted by Gasteiger charge is 2.11. The molecular weight excluding hydrogens is 313 g/mol. The second kappa shape index (κ2) is 6.75. The van der Waals surface area contributed by atoms with E-state index >= 15 is 0 Å². The van der Waals surface area contributed by atoms with Gasteiger partial charge in [0.1, 0.15) is 11.6 Å². The van der Waals surface area contributed by atoms with Gasteiger partial charge in [-0.05, 0) is 36.4 Å². The summed E-state index contributed by atoms with van der Waals surface area (Å²) < 4.78 is 12.9. The number of fused-ring (bicyclic) bond motifs is 1. The Morgan fingerprint density at radius 1 is 1.13 bits per heavy atom. The zero-order valence-corrected chi connectivity index (χ0v) is 13.2. The van der Waals surface area contributed by atoms with Crippen molar-refractivity contribution in [1.29, 1.82) is 0 Å². The lowest BCUT2D eigenvalue weighted by Crippen LogP contribution is -2.04. The molecule has 0 unspecified atom stereocenters. The van der Waals surface area contributed by atoms with Gasteiger partial charge >= 0.3 is 0 Å². The van der Waals surface area contributed by atoms with E-state index in [0.29, 0.717) is 10.7 Å². The van der Waals surface area contributed by atoms with E-state index in [9.17, 15) is 9.18 Å². The first-order valence-electron chi connectivity index (χ1n) is 7.03. The second-order valence-electron chi connectivity index (χ2n) is 4.84. The average Bonchev–Trinajstić information content (AvgIpc) is 2.59. The number of para-hydroxylation sites is 1. The van der Waals surface area contributed by atoms with E-state index in [1.54, 1.807) is 7.05 Å². The summed E-state index contributed by atoms with van der Waals surface area (Å²) in [5, 5.41) is 4.51. The minimum atomic E-state index is -0.356. The number of thioether (sulfide) groups is 1. The molecule has 3 rings (SSSR count). The van der Waals surface area contributed by atoms with Crippen molar-refractivity contribution < 1.29 is 9.18 Å². The quantitative estimate of drug-likeness (QED) is 0.439.